The molecule has 0 fully saturated rings. The van der Waals surface area contributed by atoms with Crippen LogP contribution in [0.1, 0.15) is 21.6 Å². The van der Waals surface area contributed by atoms with Crippen molar-refractivity contribution in [2.24, 2.45) is 0 Å². The zero-order chi connectivity index (χ0) is 17.6. The third-order valence-electron chi connectivity index (χ3n) is 3.44. The molecule has 0 bridgehead atoms. The van der Waals surface area contributed by atoms with Gasteiger partial charge < -0.3 is 10.6 Å². The second-order valence-corrected chi connectivity index (χ2v) is 5.45. The maximum Gasteiger partial charge on any atom is 0.276 e. The molecule has 0 radical (unpaired) electrons. The standard InChI is InChI=1S/C19H15N5O/c1-13-4-2-6-15(10-13)21-18-9-8-17(23-24-18)19(25)22-16-7-3-5-14(11-16)12-20/h2-11H,1H3,(H,21,24)(H,22,25). The topological polar surface area (TPSA) is 90.7 Å². The molecule has 3 rings (SSSR count). The number of hydrogen-bond acceptors (Lipinski definition) is 5. The van der Waals surface area contributed by atoms with Crippen molar-refractivity contribution in [3.8, 4) is 6.07 Å². The Labute approximate surface area is 145 Å². The fourth-order valence-corrected chi connectivity index (χ4v) is 2.25. The number of aryl methyl sites for hydroxylation is 1. The number of amides is 1. The van der Waals surface area contributed by atoms with Gasteiger partial charge in [-0.15, -0.1) is 10.2 Å². The van der Waals surface area contributed by atoms with E-state index in [4.69, 9.17) is 5.26 Å². The summed E-state index contributed by atoms with van der Waals surface area (Å²) in [5.41, 5.74) is 3.24. The number of aromatic nitrogens is 2. The lowest BCUT2D eigenvalue weighted by atomic mass is 10.2. The van der Waals surface area contributed by atoms with Crippen LogP contribution in [0.3, 0.4) is 0 Å². The van der Waals surface area contributed by atoms with Crippen molar-refractivity contribution in [2.75, 3.05) is 10.6 Å². The van der Waals surface area contributed by atoms with Gasteiger partial charge in [-0.1, -0.05) is 18.2 Å². The Bertz CT molecular complexity index is 945. The summed E-state index contributed by atoms with van der Waals surface area (Å²) in [6, 6.07) is 19.9. The van der Waals surface area contributed by atoms with E-state index in [1.807, 2.05) is 37.3 Å². The summed E-state index contributed by atoms with van der Waals surface area (Å²) in [5.74, 6) is 0.165. The summed E-state index contributed by atoms with van der Waals surface area (Å²) in [4.78, 5) is 12.2. The number of rotatable bonds is 4. The van der Waals surface area contributed by atoms with Gasteiger partial charge in [-0.05, 0) is 55.0 Å². The molecule has 6 heteroatoms. The smallest absolute Gasteiger partial charge is 0.276 e. The Balaban J connectivity index is 1.69. The van der Waals surface area contributed by atoms with E-state index in [-0.39, 0.29) is 11.6 Å². The molecule has 2 N–H and O–H groups in total. The maximum absolute atomic E-state index is 12.2. The molecule has 0 aliphatic heterocycles. The van der Waals surface area contributed by atoms with Gasteiger partial charge in [0, 0.05) is 11.4 Å². The van der Waals surface area contributed by atoms with Gasteiger partial charge in [-0.25, -0.2) is 0 Å². The minimum atomic E-state index is -0.385. The third kappa shape index (κ3) is 4.18. The van der Waals surface area contributed by atoms with Crippen LogP contribution in [0.4, 0.5) is 17.2 Å². The van der Waals surface area contributed by atoms with Crippen LogP contribution >= 0.6 is 0 Å². The molecule has 1 amide bonds. The van der Waals surface area contributed by atoms with E-state index in [1.165, 1.54) is 0 Å². The maximum atomic E-state index is 12.2. The molecule has 0 unspecified atom stereocenters. The lowest BCUT2D eigenvalue weighted by molar-refractivity contribution is 0.102. The van der Waals surface area contributed by atoms with Crippen molar-refractivity contribution in [1.82, 2.24) is 10.2 Å². The number of carbonyl (C=O) groups excluding carboxylic acids is 1. The molecular formula is C19H15N5O. The molecule has 0 saturated carbocycles. The van der Waals surface area contributed by atoms with Crippen molar-refractivity contribution in [2.45, 2.75) is 6.92 Å². The second-order valence-electron chi connectivity index (χ2n) is 5.45. The van der Waals surface area contributed by atoms with E-state index in [0.717, 1.165) is 11.3 Å². The number of nitrogens with zero attached hydrogens (tertiary/aromatic N) is 3. The van der Waals surface area contributed by atoms with Crippen LogP contribution in [0.25, 0.3) is 0 Å². The van der Waals surface area contributed by atoms with Crippen molar-refractivity contribution < 1.29 is 4.79 Å². The van der Waals surface area contributed by atoms with E-state index in [2.05, 4.69) is 20.8 Å². The summed E-state index contributed by atoms with van der Waals surface area (Å²) in [6.07, 6.45) is 0. The molecule has 0 spiro atoms. The van der Waals surface area contributed by atoms with Crippen LogP contribution < -0.4 is 10.6 Å². The molecule has 122 valence electrons. The number of hydrogen-bond donors (Lipinski definition) is 2. The minimum absolute atomic E-state index is 0.192. The van der Waals surface area contributed by atoms with Crippen molar-refractivity contribution in [1.29, 1.82) is 5.26 Å². The fraction of sp³-hybridized carbons (Fsp3) is 0.0526. The van der Waals surface area contributed by atoms with E-state index in [0.29, 0.717) is 17.1 Å². The van der Waals surface area contributed by atoms with Crippen molar-refractivity contribution in [3.63, 3.8) is 0 Å². The molecule has 6 nitrogen and oxygen atoms in total. The summed E-state index contributed by atoms with van der Waals surface area (Å²) < 4.78 is 0. The third-order valence-corrected chi connectivity index (χ3v) is 3.44. The van der Waals surface area contributed by atoms with Gasteiger partial charge in [0.25, 0.3) is 5.91 Å². The molecule has 0 aliphatic carbocycles. The Morgan fingerprint density at radius 3 is 2.52 bits per heavy atom. The summed E-state index contributed by atoms with van der Waals surface area (Å²) in [6.45, 7) is 2.01. The first-order valence-electron chi connectivity index (χ1n) is 7.63. The highest BCUT2D eigenvalue weighted by Crippen LogP contribution is 2.16. The molecule has 25 heavy (non-hydrogen) atoms. The highest BCUT2D eigenvalue weighted by molar-refractivity contribution is 6.02. The first-order valence-corrected chi connectivity index (χ1v) is 7.63. The number of anilines is 3. The van der Waals surface area contributed by atoms with Gasteiger partial charge in [-0.2, -0.15) is 5.26 Å². The molecule has 3 aromatic rings. The Hall–Kier alpha value is -3.72. The van der Waals surface area contributed by atoms with E-state index < -0.39 is 0 Å². The Morgan fingerprint density at radius 2 is 1.80 bits per heavy atom. The quantitative estimate of drug-likeness (QED) is 0.762. The molecule has 1 aromatic heterocycles. The average molecular weight is 329 g/mol. The zero-order valence-corrected chi connectivity index (χ0v) is 13.5. The summed E-state index contributed by atoms with van der Waals surface area (Å²) >= 11 is 0. The molecule has 0 saturated heterocycles. The van der Waals surface area contributed by atoms with Gasteiger partial charge in [0.2, 0.25) is 0 Å². The van der Waals surface area contributed by atoms with Crippen LogP contribution in [0.5, 0.6) is 0 Å². The van der Waals surface area contributed by atoms with Gasteiger partial charge in [0.1, 0.15) is 0 Å². The highest BCUT2D eigenvalue weighted by atomic mass is 16.1. The number of nitriles is 1. The average Bonchev–Trinajstić information content (AvgIpc) is 2.62. The van der Waals surface area contributed by atoms with Gasteiger partial charge in [0.05, 0.1) is 11.6 Å². The van der Waals surface area contributed by atoms with Gasteiger partial charge >= 0.3 is 0 Å². The predicted octanol–water partition coefficient (Wildman–Crippen LogP) is 3.65. The molecular weight excluding hydrogens is 314 g/mol. The highest BCUT2D eigenvalue weighted by Gasteiger charge is 2.09. The van der Waals surface area contributed by atoms with Crippen molar-refractivity contribution in [3.05, 3.63) is 77.5 Å². The van der Waals surface area contributed by atoms with Gasteiger partial charge in [0.15, 0.2) is 11.5 Å². The van der Waals surface area contributed by atoms with Crippen LogP contribution in [-0.2, 0) is 0 Å². The molecule has 0 atom stereocenters. The Morgan fingerprint density at radius 1 is 1.00 bits per heavy atom. The van der Waals surface area contributed by atoms with Crippen molar-refractivity contribution >= 4 is 23.1 Å². The largest absolute Gasteiger partial charge is 0.339 e. The van der Waals surface area contributed by atoms with Gasteiger partial charge in [-0.3, -0.25) is 4.79 Å². The first-order chi connectivity index (χ1) is 12.1. The molecule has 0 aliphatic rings. The van der Waals surface area contributed by atoms with Crippen LogP contribution in [0.15, 0.2) is 60.7 Å². The van der Waals surface area contributed by atoms with E-state index >= 15 is 0 Å². The second kappa shape index (κ2) is 7.23. The lowest BCUT2D eigenvalue weighted by Gasteiger charge is -2.07. The fourth-order valence-electron chi connectivity index (χ4n) is 2.25. The molecule has 1 heterocycles. The Kier molecular flexibility index (Phi) is 4.67. The number of benzene rings is 2. The monoisotopic (exact) mass is 329 g/mol. The number of carbonyl (C=O) groups is 1. The van der Waals surface area contributed by atoms with E-state index in [9.17, 15) is 4.79 Å². The van der Waals surface area contributed by atoms with Crippen LogP contribution in [0.2, 0.25) is 0 Å². The van der Waals surface area contributed by atoms with Crippen LogP contribution in [0, 0.1) is 18.3 Å². The summed E-state index contributed by atoms with van der Waals surface area (Å²) in [7, 11) is 0. The number of nitrogens with one attached hydrogen (secondary N) is 2. The summed E-state index contributed by atoms with van der Waals surface area (Å²) in [5, 5.41) is 22.7. The predicted molar refractivity (Wildman–Crippen MR) is 95.6 cm³/mol. The van der Waals surface area contributed by atoms with E-state index in [1.54, 1.807) is 36.4 Å². The van der Waals surface area contributed by atoms with Crippen LogP contribution in [-0.4, -0.2) is 16.1 Å². The first kappa shape index (κ1) is 16.1. The SMILES string of the molecule is Cc1cccc(Nc2ccc(C(=O)Nc3cccc(C#N)c3)nn2)c1. The minimum Gasteiger partial charge on any atom is -0.339 e. The normalized spacial score (nSPS) is 9.92. The zero-order valence-electron chi connectivity index (χ0n) is 13.5. The lowest BCUT2D eigenvalue weighted by Crippen LogP contribution is -2.14. The molecule has 2 aromatic carbocycles.